The zero-order valence-corrected chi connectivity index (χ0v) is 11.9. The predicted molar refractivity (Wildman–Crippen MR) is 79.8 cm³/mol. The van der Waals surface area contributed by atoms with Gasteiger partial charge in [0.05, 0.1) is 12.1 Å². The van der Waals surface area contributed by atoms with Gasteiger partial charge in [0.25, 0.3) is 0 Å². The Hall–Kier alpha value is -2.07. The SMILES string of the molecule is COc1ccc(OCCOc2ccc(N)cc2Cl)cc1. The number of hydrogen-bond donors (Lipinski definition) is 1. The third-order valence-electron chi connectivity index (χ3n) is 2.62. The molecule has 0 bridgehead atoms. The molecule has 5 heteroatoms. The van der Waals surface area contributed by atoms with E-state index in [1.165, 1.54) is 0 Å². The topological polar surface area (TPSA) is 53.7 Å². The summed E-state index contributed by atoms with van der Waals surface area (Å²) in [6, 6.07) is 12.5. The van der Waals surface area contributed by atoms with E-state index in [0.717, 1.165) is 11.5 Å². The van der Waals surface area contributed by atoms with Gasteiger partial charge in [0.15, 0.2) is 0 Å². The average molecular weight is 294 g/mol. The first kappa shape index (κ1) is 14.3. The molecule has 0 amide bonds. The lowest BCUT2D eigenvalue weighted by atomic mass is 10.3. The number of halogens is 1. The highest BCUT2D eigenvalue weighted by Gasteiger charge is 2.02. The largest absolute Gasteiger partial charge is 0.497 e. The molecule has 0 saturated heterocycles. The van der Waals surface area contributed by atoms with Crippen molar-refractivity contribution in [2.24, 2.45) is 0 Å². The van der Waals surface area contributed by atoms with Crippen molar-refractivity contribution in [3.8, 4) is 17.2 Å². The molecule has 0 unspecified atom stereocenters. The highest BCUT2D eigenvalue weighted by Crippen LogP contribution is 2.26. The summed E-state index contributed by atoms with van der Waals surface area (Å²) in [6.45, 7) is 0.822. The van der Waals surface area contributed by atoms with Gasteiger partial charge < -0.3 is 19.9 Å². The summed E-state index contributed by atoms with van der Waals surface area (Å²) in [7, 11) is 1.63. The Morgan fingerprint density at radius 3 is 2.25 bits per heavy atom. The van der Waals surface area contributed by atoms with Crippen molar-refractivity contribution >= 4 is 17.3 Å². The number of anilines is 1. The van der Waals surface area contributed by atoms with E-state index < -0.39 is 0 Å². The van der Waals surface area contributed by atoms with Crippen LogP contribution in [0.3, 0.4) is 0 Å². The third-order valence-corrected chi connectivity index (χ3v) is 2.92. The lowest BCUT2D eigenvalue weighted by Crippen LogP contribution is -2.09. The molecule has 0 aliphatic heterocycles. The van der Waals surface area contributed by atoms with Gasteiger partial charge in [0.1, 0.15) is 30.5 Å². The van der Waals surface area contributed by atoms with Gasteiger partial charge in [0.2, 0.25) is 0 Å². The Labute approximate surface area is 123 Å². The molecule has 20 heavy (non-hydrogen) atoms. The van der Waals surface area contributed by atoms with Crippen molar-refractivity contribution < 1.29 is 14.2 Å². The number of nitrogen functional groups attached to an aromatic ring is 1. The van der Waals surface area contributed by atoms with Crippen LogP contribution in [0.25, 0.3) is 0 Å². The van der Waals surface area contributed by atoms with E-state index >= 15 is 0 Å². The first-order valence-electron chi connectivity index (χ1n) is 6.14. The quantitative estimate of drug-likeness (QED) is 0.655. The van der Waals surface area contributed by atoms with E-state index in [9.17, 15) is 0 Å². The van der Waals surface area contributed by atoms with Crippen LogP contribution in [0, 0.1) is 0 Å². The average Bonchev–Trinajstić information content (AvgIpc) is 2.46. The summed E-state index contributed by atoms with van der Waals surface area (Å²) < 4.78 is 16.1. The Kier molecular flexibility index (Phi) is 4.96. The van der Waals surface area contributed by atoms with Crippen LogP contribution in [-0.4, -0.2) is 20.3 Å². The third kappa shape index (κ3) is 3.96. The van der Waals surface area contributed by atoms with Gasteiger partial charge >= 0.3 is 0 Å². The standard InChI is InChI=1S/C15H16ClNO3/c1-18-12-3-5-13(6-4-12)19-8-9-20-15-7-2-11(17)10-14(15)16/h2-7,10H,8-9,17H2,1H3. The second-order valence-corrected chi connectivity index (χ2v) is 4.47. The summed E-state index contributed by atoms with van der Waals surface area (Å²) >= 11 is 6.00. The van der Waals surface area contributed by atoms with E-state index in [1.807, 2.05) is 24.3 Å². The molecular formula is C15H16ClNO3. The number of ether oxygens (including phenoxy) is 3. The van der Waals surface area contributed by atoms with Gasteiger partial charge in [-0.3, -0.25) is 0 Å². The van der Waals surface area contributed by atoms with E-state index in [1.54, 1.807) is 25.3 Å². The highest BCUT2D eigenvalue weighted by atomic mass is 35.5. The zero-order chi connectivity index (χ0) is 14.4. The Bertz CT molecular complexity index is 558. The smallest absolute Gasteiger partial charge is 0.138 e. The first-order valence-corrected chi connectivity index (χ1v) is 6.51. The lowest BCUT2D eigenvalue weighted by molar-refractivity contribution is 0.217. The molecule has 0 fully saturated rings. The molecule has 0 aliphatic rings. The number of hydrogen-bond acceptors (Lipinski definition) is 4. The van der Waals surface area contributed by atoms with Crippen LogP contribution in [0.2, 0.25) is 5.02 Å². The first-order chi connectivity index (χ1) is 9.69. The van der Waals surface area contributed by atoms with Gasteiger partial charge in [-0.05, 0) is 42.5 Å². The number of rotatable bonds is 6. The van der Waals surface area contributed by atoms with Gasteiger partial charge in [-0.1, -0.05) is 11.6 Å². The maximum absolute atomic E-state index is 6.00. The maximum atomic E-state index is 6.00. The second-order valence-electron chi connectivity index (χ2n) is 4.06. The molecule has 0 aliphatic carbocycles. The minimum Gasteiger partial charge on any atom is -0.497 e. The second kappa shape index (κ2) is 6.91. The van der Waals surface area contributed by atoms with Gasteiger partial charge in [-0.2, -0.15) is 0 Å². The van der Waals surface area contributed by atoms with Gasteiger partial charge in [-0.25, -0.2) is 0 Å². The number of nitrogens with two attached hydrogens (primary N) is 1. The Morgan fingerprint density at radius 2 is 1.60 bits per heavy atom. The minimum atomic E-state index is 0.398. The van der Waals surface area contributed by atoms with Crippen LogP contribution in [0.5, 0.6) is 17.2 Å². The zero-order valence-electron chi connectivity index (χ0n) is 11.1. The highest BCUT2D eigenvalue weighted by molar-refractivity contribution is 6.32. The molecule has 0 aromatic heterocycles. The molecule has 2 rings (SSSR count). The molecule has 2 N–H and O–H groups in total. The minimum absolute atomic E-state index is 0.398. The molecule has 0 spiro atoms. The summed E-state index contributed by atoms with van der Waals surface area (Å²) in [4.78, 5) is 0. The van der Waals surface area contributed by atoms with Crippen molar-refractivity contribution in [1.82, 2.24) is 0 Å². The lowest BCUT2D eigenvalue weighted by Gasteiger charge is -2.10. The summed E-state index contributed by atoms with van der Waals surface area (Å²) in [6.07, 6.45) is 0. The Balaban J connectivity index is 1.78. The van der Waals surface area contributed by atoms with E-state index in [0.29, 0.717) is 29.7 Å². The fraction of sp³-hybridized carbons (Fsp3) is 0.200. The van der Waals surface area contributed by atoms with Crippen LogP contribution in [-0.2, 0) is 0 Å². The molecule has 0 heterocycles. The van der Waals surface area contributed by atoms with Crippen molar-refractivity contribution in [1.29, 1.82) is 0 Å². The number of benzene rings is 2. The monoisotopic (exact) mass is 293 g/mol. The van der Waals surface area contributed by atoms with E-state index in [4.69, 9.17) is 31.5 Å². The molecule has 2 aromatic carbocycles. The van der Waals surface area contributed by atoms with Crippen LogP contribution in [0.4, 0.5) is 5.69 Å². The van der Waals surface area contributed by atoms with Crippen molar-refractivity contribution in [2.45, 2.75) is 0 Å². The van der Waals surface area contributed by atoms with Crippen LogP contribution in [0.1, 0.15) is 0 Å². The number of methoxy groups -OCH3 is 1. The molecule has 106 valence electrons. The molecule has 0 radical (unpaired) electrons. The Morgan fingerprint density at radius 1 is 0.950 bits per heavy atom. The van der Waals surface area contributed by atoms with E-state index in [2.05, 4.69) is 0 Å². The van der Waals surface area contributed by atoms with E-state index in [-0.39, 0.29) is 0 Å². The maximum Gasteiger partial charge on any atom is 0.138 e. The normalized spacial score (nSPS) is 10.1. The van der Waals surface area contributed by atoms with Gasteiger partial charge in [-0.15, -0.1) is 0 Å². The van der Waals surface area contributed by atoms with Crippen molar-refractivity contribution in [3.05, 3.63) is 47.5 Å². The van der Waals surface area contributed by atoms with Crippen LogP contribution in [0.15, 0.2) is 42.5 Å². The molecular weight excluding hydrogens is 278 g/mol. The fourth-order valence-electron chi connectivity index (χ4n) is 1.62. The van der Waals surface area contributed by atoms with Crippen LogP contribution < -0.4 is 19.9 Å². The summed E-state index contributed by atoms with van der Waals surface area (Å²) in [5, 5.41) is 0.495. The molecule has 4 nitrogen and oxygen atoms in total. The summed E-state index contributed by atoms with van der Waals surface area (Å²) in [5.74, 6) is 2.15. The molecule has 0 saturated carbocycles. The molecule has 2 aromatic rings. The van der Waals surface area contributed by atoms with Gasteiger partial charge in [0, 0.05) is 5.69 Å². The van der Waals surface area contributed by atoms with Crippen molar-refractivity contribution in [3.63, 3.8) is 0 Å². The summed E-state index contributed by atoms with van der Waals surface area (Å²) in [5.41, 5.74) is 6.22. The predicted octanol–water partition coefficient (Wildman–Crippen LogP) is 3.39. The van der Waals surface area contributed by atoms with Crippen LogP contribution >= 0.6 is 11.6 Å². The molecule has 0 atom stereocenters. The van der Waals surface area contributed by atoms with Crippen molar-refractivity contribution in [2.75, 3.05) is 26.1 Å². The fourth-order valence-corrected chi connectivity index (χ4v) is 1.86.